The van der Waals surface area contributed by atoms with Crippen LogP contribution in [0, 0.1) is 5.21 Å². The molecular weight excluding hydrogens is 172 g/mol. The largest absolute Gasteiger partial charge is 0.594 e. The molecule has 1 aliphatic rings. The highest BCUT2D eigenvalue weighted by atomic mass is 16.7. The Labute approximate surface area is 75.5 Å². The average Bonchev–Trinajstić information content (AvgIpc) is 2.54. The second-order valence-corrected chi connectivity index (χ2v) is 2.94. The molecule has 0 aliphatic carbocycles. The number of rotatable bonds is 1. The number of nitrogens with zero attached hydrogens (tertiary/aromatic N) is 2. The van der Waals surface area contributed by atoms with Crippen LogP contribution >= 0.6 is 0 Å². The average molecular weight is 182 g/mol. The van der Waals surface area contributed by atoms with Gasteiger partial charge in [0.15, 0.2) is 5.69 Å². The zero-order chi connectivity index (χ0) is 9.31. The third-order valence-electron chi connectivity index (χ3n) is 1.98. The lowest BCUT2D eigenvalue weighted by Gasteiger charge is -2.19. The summed E-state index contributed by atoms with van der Waals surface area (Å²) in [5.74, 6) is -0.854. The van der Waals surface area contributed by atoms with Crippen LogP contribution < -0.4 is 4.85 Å². The van der Waals surface area contributed by atoms with Crippen LogP contribution in [0.4, 0.5) is 0 Å². The molecule has 0 amide bonds. The number of hydrogen-bond donors (Lipinski definition) is 0. The molecule has 0 spiro atoms. The Hall–Kier alpha value is -1.20. The van der Waals surface area contributed by atoms with E-state index in [4.69, 9.17) is 9.47 Å². The third kappa shape index (κ3) is 1.48. The van der Waals surface area contributed by atoms with Crippen LogP contribution in [-0.2, 0) is 15.3 Å². The zero-order valence-electron chi connectivity index (χ0n) is 7.27. The first-order valence-electron chi connectivity index (χ1n) is 4.06. The fourth-order valence-electron chi connectivity index (χ4n) is 1.29. The van der Waals surface area contributed by atoms with Crippen LogP contribution in [0.25, 0.3) is 0 Å². The second kappa shape index (κ2) is 2.93. The van der Waals surface area contributed by atoms with Gasteiger partial charge in [0.1, 0.15) is 0 Å². The second-order valence-electron chi connectivity index (χ2n) is 2.94. The van der Waals surface area contributed by atoms with E-state index in [0.717, 1.165) is 0 Å². The lowest BCUT2D eigenvalue weighted by atomic mass is 10.2. The molecule has 2 rings (SSSR count). The van der Waals surface area contributed by atoms with Gasteiger partial charge in [0.2, 0.25) is 12.0 Å². The Bertz CT molecular complexity index is 310. The number of aromatic nitrogens is 2. The van der Waals surface area contributed by atoms with Crippen molar-refractivity contribution in [1.82, 2.24) is 5.10 Å². The van der Waals surface area contributed by atoms with E-state index < -0.39 is 5.79 Å². The van der Waals surface area contributed by atoms with Gasteiger partial charge in [-0.15, -0.1) is 0 Å². The van der Waals surface area contributed by atoms with Crippen molar-refractivity contribution in [2.75, 3.05) is 13.2 Å². The van der Waals surface area contributed by atoms with Gasteiger partial charge >= 0.3 is 0 Å². The molecule has 0 saturated carbocycles. The highest BCUT2D eigenvalue weighted by Crippen LogP contribution is 2.28. The van der Waals surface area contributed by atoms with Crippen molar-refractivity contribution >= 4 is 0 Å². The van der Waals surface area contributed by atoms with E-state index in [1.54, 1.807) is 19.1 Å². The Morgan fingerprint density at radius 2 is 2.23 bits per heavy atom. The van der Waals surface area contributed by atoms with Gasteiger partial charge in [-0.05, 0) is 13.0 Å². The molecule has 1 aromatic heterocycles. The molecule has 0 aromatic carbocycles. The molecule has 0 atom stereocenters. The highest BCUT2D eigenvalue weighted by Gasteiger charge is 2.36. The van der Waals surface area contributed by atoms with Crippen molar-refractivity contribution in [1.29, 1.82) is 0 Å². The fraction of sp³-hybridized carbons (Fsp3) is 0.500. The summed E-state index contributed by atoms with van der Waals surface area (Å²) in [6.45, 7) is 2.82. The maximum atomic E-state index is 10.9. The Morgan fingerprint density at radius 1 is 1.54 bits per heavy atom. The first-order chi connectivity index (χ1) is 6.21. The standard InChI is InChI=1S/C8H10N2O3/c1-8(12-5-6-13-8)7-3-2-4-10(11)9-7/h2-4H,5-6H2,1H3. The van der Waals surface area contributed by atoms with Crippen LogP contribution in [0.3, 0.4) is 0 Å². The molecule has 1 saturated heterocycles. The quantitative estimate of drug-likeness (QED) is 0.450. The number of ether oxygens (including phenoxy) is 2. The van der Waals surface area contributed by atoms with Gasteiger partial charge in [-0.25, -0.2) is 0 Å². The normalized spacial score (nSPS) is 20.4. The summed E-state index contributed by atoms with van der Waals surface area (Å²) >= 11 is 0. The minimum atomic E-state index is -0.854. The molecule has 0 N–H and O–H groups in total. The van der Waals surface area contributed by atoms with Gasteiger partial charge in [0.25, 0.3) is 0 Å². The highest BCUT2D eigenvalue weighted by molar-refractivity contribution is 5.05. The van der Waals surface area contributed by atoms with Crippen molar-refractivity contribution in [3.63, 3.8) is 0 Å². The van der Waals surface area contributed by atoms with E-state index in [2.05, 4.69) is 5.10 Å². The lowest BCUT2D eigenvalue weighted by Crippen LogP contribution is -2.36. The summed E-state index contributed by atoms with van der Waals surface area (Å²) in [6.07, 6.45) is 1.32. The lowest BCUT2D eigenvalue weighted by molar-refractivity contribution is -0.671. The van der Waals surface area contributed by atoms with E-state index in [9.17, 15) is 5.21 Å². The molecule has 1 fully saturated rings. The number of hydrogen-bond acceptors (Lipinski definition) is 4. The molecule has 1 aromatic rings. The smallest absolute Gasteiger partial charge is 0.215 e. The van der Waals surface area contributed by atoms with Crippen molar-refractivity contribution in [2.45, 2.75) is 12.7 Å². The first-order valence-corrected chi connectivity index (χ1v) is 4.06. The molecule has 0 unspecified atom stereocenters. The molecule has 5 heteroatoms. The van der Waals surface area contributed by atoms with E-state index in [-0.39, 0.29) is 0 Å². The van der Waals surface area contributed by atoms with Crippen LogP contribution in [0.15, 0.2) is 18.3 Å². The molecule has 13 heavy (non-hydrogen) atoms. The van der Waals surface area contributed by atoms with E-state index in [1.807, 2.05) is 0 Å². The Kier molecular flexibility index (Phi) is 1.90. The fourth-order valence-corrected chi connectivity index (χ4v) is 1.29. The third-order valence-corrected chi connectivity index (χ3v) is 1.98. The molecule has 2 heterocycles. The predicted octanol–water partition coefficient (Wildman–Crippen LogP) is -0.0655. The van der Waals surface area contributed by atoms with Crippen molar-refractivity contribution in [3.8, 4) is 0 Å². The summed E-state index contributed by atoms with van der Waals surface area (Å²) in [6, 6.07) is 3.32. The van der Waals surface area contributed by atoms with Crippen molar-refractivity contribution in [3.05, 3.63) is 29.2 Å². The van der Waals surface area contributed by atoms with Crippen molar-refractivity contribution < 1.29 is 14.3 Å². The summed E-state index contributed by atoms with van der Waals surface area (Å²) < 4.78 is 10.7. The SMILES string of the molecule is CC1(c2ccc[n+]([O-])n2)OCCO1. The monoisotopic (exact) mass is 182 g/mol. The van der Waals surface area contributed by atoms with Crippen LogP contribution in [-0.4, -0.2) is 18.3 Å². The summed E-state index contributed by atoms with van der Waals surface area (Å²) in [5.41, 5.74) is 0.502. The molecule has 0 radical (unpaired) electrons. The minimum absolute atomic E-state index is 0.492. The molecule has 70 valence electrons. The van der Waals surface area contributed by atoms with E-state index in [1.165, 1.54) is 6.20 Å². The molecule has 5 nitrogen and oxygen atoms in total. The van der Waals surface area contributed by atoms with E-state index in [0.29, 0.717) is 23.8 Å². The van der Waals surface area contributed by atoms with Gasteiger partial charge < -0.3 is 14.7 Å². The van der Waals surface area contributed by atoms with Gasteiger partial charge in [-0.1, -0.05) is 4.85 Å². The van der Waals surface area contributed by atoms with Gasteiger partial charge in [-0.3, -0.25) is 0 Å². The van der Waals surface area contributed by atoms with Crippen LogP contribution in [0.2, 0.25) is 0 Å². The van der Waals surface area contributed by atoms with Crippen LogP contribution in [0.1, 0.15) is 12.6 Å². The van der Waals surface area contributed by atoms with Crippen LogP contribution in [0.5, 0.6) is 0 Å². The summed E-state index contributed by atoms with van der Waals surface area (Å²) in [7, 11) is 0. The summed E-state index contributed by atoms with van der Waals surface area (Å²) in [4.78, 5) is 0.492. The Morgan fingerprint density at radius 3 is 2.85 bits per heavy atom. The maximum Gasteiger partial charge on any atom is 0.215 e. The Balaban J connectivity index is 2.33. The predicted molar refractivity (Wildman–Crippen MR) is 42.5 cm³/mol. The van der Waals surface area contributed by atoms with Gasteiger partial charge in [0, 0.05) is 11.2 Å². The van der Waals surface area contributed by atoms with Crippen molar-refractivity contribution in [2.24, 2.45) is 0 Å². The summed E-state index contributed by atoms with van der Waals surface area (Å²) in [5, 5.41) is 14.6. The molecular formula is C8H10N2O3. The van der Waals surface area contributed by atoms with E-state index >= 15 is 0 Å². The first kappa shape index (κ1) is 8.40. The van der Waals surface area contributed by atoms with Gasteiger partial charge in [-0.2, -0.15) is 0 Å². The minimum Gasteiger partial charge on any atom is -0.594 e. The maximum absolute atomic E-state index is 10.9. The topological polar surface area (TPSA) is 58.3 Å². The van der Waals surface area contributed by atoms with Gasteiger partial charge in [0.05, 0.1) is 13.2 Å². The zero-order valence-corrected chi connectivity index (χ0v) is 7.27. The molecule has 0 bridgehead atoms. The molecule has 1 aliphatic heterocycles.